The topological polar surface area (TPSA) is 89.4 Å². The highest BCUT2D eigenvalue weighted by Gasteiger charge is 2.19. The highest BCUT2D eigenvalue weighted by molar-refractivity contribution is 5.97. The van der Waals surface area contributed by atoms with Gasteiger partial charge in [0.25, 0.3) is 0 Å². The Balaban J connectivity index is 0.00000324. The Bertz CT molecular complexity index is 449. The van der Waals surface area contributed by atoms with E-state index in [9.17, 15) is 9.59 Å². The van der Waals surface area contributed by atoms with Gasteiger partial charge >= 0.3 is 0 Å². The molecule has 1 rings (SSSR count). The van der Waals surface area contributed by atoms with E-state index in [4.69, 9.17) is 11.5 Å². The average molecular weight is 286 g/mol. The summed E-state index contributed by atoms with van der Waals surface area (Å²) in [6, 6.07) is 6.87. The molecule has 0 fully saturated rings. The number of amides is 2. The predicted molar refractivity (Wildman–Crippen MR) is 78.2 cm³/mol. The Morgan fingerprint density at radius 3 is 2.47 bits per heavy atom. The Hall–Kier alpha value is -1.59. The molecule has 0 spiro atoms. The fraction of sp³-hybridized carbons (Fsp3) is 0.385. The number of rotatable bonds is 5. The van der Waals surface area contributed by atoms with Crippen molar-refractivity contribution in [2.45, 2.75) is 26.3 Å². The van der Waals surface area contributed by atoms with Crippen LogP contribution >= 0.6 is 12.4 Å². The molecule has 1 atom stereocenters. The number of primary amides is 1. The van der Waals surface area contributed by atoms with Gasteiger partial charge in [-0.25, -0.2) is 0 Å². The van der Waals surface area contributed by atoms with Crippen LogP contribution in [0, 0.1) is 6.92 Å². The second-order valence-electron chi connectivity index (χ2n) is 4.33. The third kappa shape index (κ3) is 5.28. The first kappa shape index (κ1) is 17.4. The van der Waals surface area contributed by atoms with Gasteiger partial charge in [-0.3, -0.25) is 9.59 Å². The van der Waals surface area contributed by atoms with Crippen molar-refractivity contribution in [3.8, 4) is 0 Å². The minimum absolute atomic E-state index is 0. The van der Waals surface area contributed by atoms with E-state index in [1.54, 1.807) is 6.92 Å². The summed E-state index contributed by atoms with van der Waals surface area (Å²) in [7, 11) is 0. The zero-order chi connectivity index (χ0) is 13.7. The number of halogens is 1. The zero-order valence-corrected chi connectivity index (χ0v) is 11.9. The van der Waals surface area contributed by atoms with E-state index in [0.717, 1.165) is 11.3 Å². The summed E-state index contributed by atoms with van der Waals surface area (Å²) in [5, 5.41) is 0. The van der Waals surface area contributed by atoms with E-state index < -0.39 is 11.9 Å². The van der Waals surface area contributed by atoms with Crippen LogP contribution in [0.25, 0.3) is 0 Å². The summed E-state index contributed by atoms with van der Waals surface area (Å²) in [6.07, 6.45) is 0.117. The molecule has 0 aliphatic rings. The van der Waals surface area contributed by atoms with Crippen molar-refractivity contribution in [1.82, 2.24) is 0 Å². The molecule has 106 valence electrons. The number of nitrogens with two attached hydrogens (primary N) is 2. The Kier molecular flexibility index (Phi) is 7.11. The minimum Gasteiger partial charge on any atom is -0.370 e. The summed E-state index contributed by atoms with van der Waals surface area (Å²) in [5.74, 6) is -0.660. The first-order valence-corrected chi connectivity index (χ1v) is 5.83. The maximum absolute atomic E-state index is 12.0. The summed E-state index contributed by atoms with van der Waals surface area (Å²) in [4.78, 5) is 24.4. The zero-order valence-electron chi connectivity index (χ0n) is 11.1. The maximum atomic E-state index is 12.0. The number of benzene rings is 1. The number of hydrogen-bond donors (Lipinski definition) is 2. The third-order valence-corrected chi connectivity index (χ3v) is 2.55. The van der Waals surface area contributed by atoms with Gasteiger partial charge in [-0.15, -0.1) is 12.4 Å². The van der Waals surface area contributed by atoms with Gasteiger partial charge in [-0.05, 0) is 31.5 Å². The lowest BCUT2D eigenvalue weighted by Gasteiger charge is -2.24. The molecular formula is C13H20ClN3O2. The molecule has 0 aliphatic carbocycles. The van der Waals surface area contributed by atoms with Crippen molar-refractivity contribution < 1.29 is 9.59 Å². The van der Waals surface area contributed by atoms with E-state index in [-0.39, 0.29) is 31.3 Å². The minimum atomic E-state index is -0.613. The van der Waals surface area contributed by atoms with Crippen molar-refractivity contribution >= 4 is 29.9 Å². The fourth-order valence-corrected chi connectivity index (χ4v) is 1.63. The van der Waals surface area contributed by atoms with Crippen molar-refractivity contribution in [3.05, 3.63) is 29.8 Å². The van der Waals surface area contributed by atoms with Crippen molar-refractivity contribution in [1.29, 1.82) is 0 Å². The summed E-state index contributed by atoms with van der Waals surface area (Å²) in [5.41, 5.74) is 12.5. The molecule has 0 saturated heterocycles. The van der Waals surface area contributed by atoms with E-state index in [2.05, 4.69) is 0 Å². The Morgan fingerprint density at radius 1 is 1.37 bits per heavy atom. The molecule has 1 aromatic carbocycles. The highest BCUT2D eigenvalue weighted by atomic mass is 35.5. The molecule has 6 heteroatoms. The van der Waals surface area contributed by atoms with Gasteiger partial charge in [0.2, 0.25) is 11.8 Å². The van der Waals surface area contributed by atoms with Crippen molar-refractivity contribution in [3.63, 3.8) is 0 Å². The second-order valence-corrected chi connectivity index (χ2v) is 4.33. The lowest BCUT2D eigenvalue weighted by Crippen LogP contribution is -2.43. The smallest absolute Gasteiger partial charge is 0.243 e. The molecule has 0 saturated carbocycles. The van der Waals surface area contributed by atoms with Crippen LogP contribution in [0.2, 0.25) is 0 Å². The quantitative estimate of drug-likeness (QED) is 0.845. The van der Waals surface area contributed by atoms with Crippen LogP contribution in [-0.4, -0.2) is 24.4 Å². The number of nitrogens with zero attached hydrogens (tertiary/aromatic N) is 1. The molecular weight excluding hydrogens is 266 g/mol. The highest BCUT2D eigenvalue weighted by Crippen LogP contribution is 2.17. The fourth-order valence-electron chi connectivity index (χ4n) is 1.63. The summed E-state index contributed by atoms with van der Waals surface area (Å²) < 4.78 is 0. The van der Waals surface area contributed by atoms with Crippen LogP contribution in [0.4, 0.5) is 5.69 Å². The SMILES string of the molecule is Cc1cccc(N(CCC(N)=O)C(=O)[C@H](C)N)c1.Cl. The largest absolute Gasteiger partial charge is 0.370 e. The Labute approximate surface area is 119 Å². The van der Waals surface area contributed by atoms with Gasteiger partial charge < -0.3 is 16.4 Å². The lowest BCUT2D eigenvalue weighted by molar-refractivity contribution is -0.119. The number of carbonyl (C=O) groups excluding carboxylic acids is 2. The first-order valence-electron chi connectivity index (χ1n) is 5.83. The van der Waals surface area contributed by atoms with E-state index in [1.165, 1.54) is 4.90 Å². The molecule has 2 amide bonds. The lowest BCUT2D eigenvalue weighted by atomic mass is 10.2. The summed E-state index contributed by atoms with van der Waals surface area (Å²) >= 11 is 0. The molecule has 0 radical (unpaired) electrons. The normalized spacial score (nSPS) is 11.3. The predicted octanol–water partition coefficient (Wildman–Crippen LogP) is 0.972. The molecule has 0 aromatic heterocycles. The summed E-state index contributed by atoms with van der Waals surface area (Å²) in [6.45, 7) is 3.81. The van der Waals surface area contributed by atoms with Crippen LogP contribution in [0.15, 0.2) is 24.3 Å². The molecule has 0 unspecified atom stereocenters. The van der Waals surface area contributed by atoms with Crippen molar-refractivity contribution in [2.24, 2.45) is 11.5 Å². The molecule has 1 aromatic rings. The van der Waals surface area contributed by atoms with E-state index in [0.29, 0.717) is 0 Å². The number of anilines is 1. The molecule has 5 nitrogen and oxygen atoms in total. The van der Waals surface area contributed by atoms with E-state index >= 15 is 0 Å². The standard InChI is InChI=1S/C13H19N3O2.ClH/c1-9-4-3-5-11(8-9)16(7-6-12(15)17)13(18)10(2)14;/h3-5,8,10H,6-7,14H2,1-2H3,(H2,15,17);1H/t10-;/m0./s1. The number of aryl methyl sites for hydroxylation is 1. The molecule has 0 aliphatic heterocycles. The second kappa shape index (κ2) is 7.76. The van der Waals surface area contributed by atoms with Crippen LogP contribution in [-0.2, 0) is 9.59 Å². The molecule has 19 heavy (non-hydrogen) atoms. The van der Waals surface area contributed by atoms with Gasteiger partial charge in [0, 0.05) is 18.7 Å². The number of hydrogen-bond acceptors (Lipinski definition) is 3. The van der Waals surface area contributed by atoms with Crippen LogP contribution < -0.4 is 16.4 Å². The molecule has 0 bridgehead atoms. The van der Waals surface area contributed by atoms with Gasteiger partial charge in [0.1, 0.15) is 0 Å². The maximum Gasteiger partial charge on any atom is 0.243 e. The Morgan fingerprint density at radius 2 is 2.00 bits per heavy atom. The van der Waals surface area contributed by atoms with Crippen molar-refractivity contribution in [2.75, 3.05) is 11.4 Å². The monoisotopic (exact) mass is 285 g/mol. The van der Waals surface area contributed by atoms with Crippen LogP contribution in [0.3, 0.4) is 0 Å². The van der Waals surface area contributed by atoms with E-state index in [1.807, 2.05) is 31.2 Å². The van der Waals surface area contributed by atoms with Crippen LogP contribution in [0.5, 0.6) is 0 Å². The first-order chi connectivity index (χ1) is 8.41. The third-order valence-electron chi connectivity index (χ3n) is 2.55. The van der Waals surface area contributed by atoms with Gasteiger partial charge in [-0.1, -0.05) is 12.1 Å². The molecule has 0 heterocycles. The van der Waals surface area contributed by atoms with Gasteiger partial charge in [-0.2, -0.15) is 0 Å². The number of carbonyl (C=O) groups is 2. The molecule has 4 N–H and O–H groups in total. The van der Waals surface area contributed by atoms with Gasteiger partial charge in [0.15, 0.2) is 0 Å². The van der Waals surface area contributed by atoms with Gasteiger partial charge in [0.05, 0.1) is 6.04 Å². The average Bonchev–Trinajstić information content (AvgIpc) is 2.28. The van der Waals surface area contributed by atoms with Crippen LogP contribution in [0.1, 0.15) is 18.9 Å².